The molecule has 1 heterocycles. The Labute approximate surface area is 99.9 Å². The van der Waals surface area contributed by atoms with Gasteiger partial charge in [-0.3, -0.25) is 0 Å². The molecule has 84 valence electrons. The number of aromatic nitrogens is 2. The van der Waals surface area contributed by atoms with Crippen molar-refractivity contribution in [3.8, 4) is 11.3 Å². The molecule has 0 spiro atoms. The number of hydrogen-bond acceptors (Lipinski definition) is 2. The van der Waals surface area contributed by atoms with E-state index in [0.717, 1.165) is 23.5 Å². The summed E-state index contributed by atoms with van der Waals surface area (Å²) in [5.74, 6) is 1.68. The minimum atomic E-state index is 0.694. The predicted molar refractivity (Wildman–Crippen MR) is 67.4 cm³/mol. The molecule has 0 radical (unpaired) electrons. The molecule has 0 bridgehead atoms. The Balaban J connectivity index is 2.52. The SMILES string of the molecule is CCc1nc(-c2ccc(Cl)cc2)c(N)n1C. The van der Waals surface area contributed by atoms with E-state index in [-0.39, 0.29) is 0 Å². The lowest BCUT2D eigenvalue weighted by Gasteiger charge is -2.00. The Kier molecular flexibility index (Phi) is 2.88. The number of nitrogens with zero attached hydrogens (tertiary/aromatic N) is 2. The van der Waals surface area contributed by atoms with E-state index in [0.29, 0.717) is 10.8 Å². The van der Waals surface area contributed by atoms with Crippen LogP contribution >= 0.6 is 11.6 Å². The van der Waals surface area contributed by atoms with Crippen molar-refractivity contribution in [1.29, 1.82) is 0 Å². The molecule has 1 aromatic carbocycles. The molecule has 0 aliphatic carbocycles. The molecule has 0 fully saturated rings. The number of hydrogen-bond donors (Lipinski definition) is 1. The van der Waals surface area contributed by atoms with Gasteiger partial charge >= 0.3 is 0 Å². The fraction of sp³-hybridized carbons (Fsp3) is 0.250. The van der Waals surface area contributed by atoms with Crippen molar-refractivity contribution in [2.45, 2.75) is 13.3 Å². The first-order valence-electron chi connectivity index (χ1n) is 5.20. The lowest BCUT2D eigenvalue weighted by Crippen LogP contribution is -2.00. The molecule has 0 aliphatic heterocycles. The molecule has 0 saturated carbocycles. The van der Waals surface area contributed by atoms with E-state index in [9.17, 15) is 0 Å². The summed E-state index contributed by atoms with van der Waals surface area (Å²) in [6.45, 7) is 2.06. The molecule has 2 rings (SSSR count). The van der Waals surface area contributed by atoms with Gasteiger partial charge in [0.1, 0.15) is 17.3 Å². The van der Waals surface area contributed by atoms with Gasteiger partial charge in [-0.2, -0.15) is 0 Å². The summed E-state index contributed by atoms with van der Waals surface area (Å²) in [7, 11) is 1.93. The van der Waals surface area contributed by atoms with Gasteiger partial charge in [0, 0.05) is 24.1 Å². The average Bonchev–Trinajstić information content (AvgIpc) is 2.57. The summed E-state index contributed by atoms with van der Waals surface area (Å²) in [5, 5.41) is 0.717. The molecule has 2 N–H and O–H groups in total. The molecule has 2 aromatic rings. The van der Waals surface area contributed by atoms with Gasteiger partial charge in [-0.15, -0.1) is 0 Å². The highest BCUT2D eigenvalue weighted by molar-refractivity contribution is 6.30. The molecule has 0 unspecified atom stereocenters. The zero-order chi connectivity index (χ0) is 11.7. The average molecular weight is 236 g/mol. The second-order valence-corrected chi connectivity index (χ2v) is 4.12. The normalized spacial score (nSPS) is 10.7. The van der Waals surface area contributed by atoms with Crippen molar-refractivity contribution >= 4 is 17.4 Å². The largest absolute Gasteiger partial charge is 0.383 e. The van der Waals surface area contributed by atoms with Gasteiger partial charge in [-0.1, -0.05) is 30.7 Å². The van der Waals surface area contributed by atoms with E-state index in [4.69, 9.17) is 17.3 Å². The molecular weight excluding hydrogens is 222 g/mol. The first kappa shape index (κ1) is 11.0. The Morgan fingerprint density at radius 2 is 1.94 bits per heavy atom. The van der Waals surface area contributed by atoms with E-state index in [1.165, 1.54) is 0 Å². The van der Waals surface area contributed by atoms with Crippen LogP contribution in [0, 0.1) is 0 Å². The number of nitrogens with two attached hydrogens (primary N) is 1. The van der Waals surface area contributed by atoms with E-state index in [1.807, 2.05) is 35.9 Å². The van der Waals surface area contributed by atoms with Crippen LogP contribution in [-0.4, -0.2) is 9.55 Å². The van der Waals surface area contributed by atoms with Gasteiger partial charge in [-0.05, 0) is 12.1 Å². The second-order valence-electron chi connectivity index (χ2n) is 3.68. The molecule has 16 heavy (non-hydrogen) atoms. The number of aryl methyl sites for hydroxylation is 1. The highest BCUT2D eigenvalue weighted by atomic mass is 35.5. The Morgan fingerprint density at radius 3 is 2.44 bits per heavy atom. The van der Waals surface area contributed by atoms with Gasteiger partial charge in [0.2, 0.25) is 0 Å². The highest BCUT2D eigenvalue weighted by Crippen LogP contribution is 2.26. The fourth-order valence-electron chi connectivity index (χ4n) is 1.70. The standard InChI is InChI=1S/C12H14ClN3/c1-3-10-15-11(12(14)16(10)2)8-4-6-9(13)7-5-8/h4-7H,3,14H2,1-2H3. The van der Waals surface area contributed by atoms with Crippen molar-refractivity contribution in [2.24, 2.45) is 7.05 Å². The summed E-state index contributed by atoms with van der Waals surface area (Å²) < 4.78 is 1.92. The number of benzene rings is 1. The van der Waals surface area contributed by atoms with Gasteiger partial charge in [-0.25, -0.2) is 4.98 Å². The van der Waals surface area contributed by atoms with Crippen LogP contribution in [0.15, 0.2) is 24.3 Å². The lowest BCUT2D eigenvalue weighted by atomic mass is 10.1. The fourth-order valence-corrected chi connectivity index (χ4v) is 1.82. The van der Waals surface area contributed by atoms with Crippen molar-refractivity contribution < 1.29 is 0 Å². The van der Waals surface area contributed by atoms with Crippen molar-refractivity contribution in [3.05, 3.63) is 35.1 Å². The Hall–Kier alpha value is -1.48. The minimum absolute atomic E-state index is 0.694. The summed E-state index contributed by atoms with van der Waals surface area (Å²) in [4.78, 5) is 4.52. The lowest BCUT2D eigenvalue weighted by molar-refractivity contribution is 0.816. The van der Waals surface area contributed by atoms with Crippen LogP contribution in [0.3, 0.4) is 0 Å². The Morgan fingerprint density at radius 1 is 1.31 bits per heavy atom. The van der Waals surface area contributed by atoms with E-state index < -0.39 is 0 Å². The molecule has 0 saturated heterocycles. The number of nitrogen functional groups attached to an aromatic ring is 1. The second kappa shape index (κ2) is 4.18. The van der Waals surface area contributed by atoms with E-state index >= 15 is 0 Å². The van der Waals surface area contributed by atoms with Crippen LogP contribution in [0.4, 0.5) is 5.82 Å². The van der Waals surface area contributed by atoms with E-state index in [1.54, 1.807) is 0 Å². The zero-order valence-corrected chi connectivity index (χ0v) is 10.1. The maximum atomic E-state index is 6.02. The summed E-state index contributed by atoms with van der Waals surface area (Å²) >= 11 is 5.85. The number of anilines is 1. The maximum absolute atomic E-state index is 6.02. The third-order valence-corrected chi connectivity index (χ3v) is 2.92. The van der Waals surface area contributed by atoms with Crippen molar-refractivity contribution in [2.75, 3.05) is 5.73 Å². The summed E-state index contributed by atoms with van der Waals surface area (Å²) in [6, 6.07) is 7.55. The third kappa shape index (κ3) is 1.78. The van der Waals surface area contributed by atoms with Crippen molar-refractivity contribution in [3.63, 3.8) is 0 Å². The van der Waals surface area contributed by atoms with Crippen LogP contribution in [0.25, 0.3) is 11.3 Å². The summed E-state index contributed by atoms with van der Waals surface area (Å²) in [5.41, 5.74) is 7.84. The van der Waals surface area contributed by atoms with Crippen LogP contribution in [0.1, 0.15) is 12.7 Å². The number of halogens is 1. The third-order valence-electron chi connectivity index (χ3n) is 2.67. The smallest absolute Gasteiger partial charge is 0.131 e. The first-order valence-corrected chi connectivity index (χ1v) is 5.58. The molecule has 0 aliphatic rings. The summed E-state index contributed by atoms with van der Waals surface area (Å²) in [6.07, 6.45) is 0.869. The van der Waals surface area contributed by atoms with Gasteiger partial charge in [0.15, 0.2) is 0 Å². The molecular formula is C12H14ClN3. The van der Waals surface area contributed by atoms with Crippen molar-refractivity contribution in [1.82, 2.24) is 9.55 Å². The molecule has 1 aromatic heterocycles. The topological polar surface area (TPSA) is 43.8 Å². The molecule has 0 atom stereocenters. The van der Waals surface area contributed by atoms with Crippen LogP contribution in [-0.2, 0) is 13.5 Å². The van der Waals surface area contributed by atoms with Crippen LogP contribution < -0.4 is 5.73 Å². The first-order chi connectivity index (χ1) is 7.63. The van der Waals surface area contributed by atoms with Gasteiger partial charge in [0.05, 0.1) is 0 Å². The van der Waals surface area contributed by atoms with Gasteiger partial charge < -0.3 is 10.3 Å². The Bertz CT molecular complexity index is 500. The van der Waals surface area contributed by atoms with Gasteiger partial charge in [0.25, 0.3) is 0 Å². The van der Waals surface area contributed by atoms with Crippen LogP contribution in [0.2, 0.25) is 5.02 Å². The number of imidazole rings is 1. The minimum Gasteiger partial charge on any atom is -0.383 e. The van der Waals surface area contributed by atoms with E-state index in [2.05, 4.69) is 11.9 Å². The quantitative estimate of drug-likeness (QED) is 0.870. The molecule has 3 nitrogen and oxygen atoms in total. The zero-order valence-electron chi connectivity index (χ0n) is 9.37. The maximum Gasteiger partial charge on any atom is 0.131 e. The molecule has 0 amide bonds. The molecule has 4 heteroatoms. The predicted octanol–water partition coefficient (Wildman–Crippen LogP) is 2.89. The monoisotopic (exact) mass is 235 g/mol. The van der Waals surface area contributed by atoms with Crippen LogP contribution in [0.5, 0.6) is 0 Å². The number of rotatable bonds is 2. The highest BCUT2D eigenvalue weighted by Gasteiger charge is 2.12.